The summed E-state index contributed by atoms with van der Waals surface area (Å²) in [6, 6.07) is 16.3. The van der Waals surface area contributed by atoms with Crippen LogP contribution in [0.3, 0.4) is 0 Å². The summed E-state index contributed by atoms with van der Waals surface area (Å²) in [5, 5.41) is 3.45. The molecule has 3 heteroatoms. The minimum Gasteiger partial charge on any atom is -0.380 e. The zero-order valence-electron chi connectivity index (χ0n) is 11.3. The van der Waals surface area contributed by atoms with E-state index in [0.717, 1.165) is 22.5 Å². The van der Waals surface area contributed by atoms with Crippen LogP contribution < -0.4 is 5.32 Å². The van der Waals surface area contributed by atoms with Gasteiger partial charge in [0, 0.05) is 36.7 Å². The summed E-state index contributed by atoms with van der Waals surface area (Å²) in [6.45, 7) is 1.19. The lowest BCUT2D eigenvalue weighted by atomic mass is 10.1. The molecule has 3 nitrogen and oxygen atoms in total. The largest absolute Gasteiger partial charge is 0.380 e. The van der Waals surface area contributed by atoms with Gasteiger partial charge in [-0.3, -0.25) is 0 Å². The maximum Gasteiger partial charge on any atom is 0.0733 e. The van der Waals surface area contributed by atoms with E-state index in [4.69, 9.17) is 9.47 Å². The van der Waals surface area contributed by atoms with E-state index >= 15 is 0 Å². The molecule has 0 atom stereocenters. The standard InChI is InChI=1S/C16H19NO2/c1-18-11-13-7-3-5-9-15(13)17-16-10-6-4-8-14(16)12-19-2/h3-10,17H,11-12H2,1-2H3. The number of hydrogen-bond donors (Lipinski definition) is 1. The van der Waals surface area contributed by atoms with Crippen molar-refractivity contribution in [2.45, 2.75) is 13.2 Å². The Morgan fingerprint density at radius 1 is 0.737 bits per heavy atom. The molecule has 0 heterocycles. The molecule has 1 N–H and O–H groups in total. The van der Waals surface area contributed by atoms with Crippen molar-refractivity contribution in [1.29, 1.82) is 0 Å². The Balaban J connectivity index is 2.25. The number of hydrogen-bond acceptors (Lipinski definition) is 3. The van der Waals surface area contributed by atoms with E-state index in [2.05, 4.69) is 29.6 Å². The summed E-state index contributed by atoms with van der Waals surface area (Å²) in [6.07, 6.45) is 0. The topological polar surface area (TPSA) is 30.5 Å². The number of methoxy groups -OCH3 is 2. The van der Waals surface area contributed by atoms with Crippen LogP contribution >= 0.6 is 0 Å². The molecular formula is C16H19NO2. The number of benzene rings is 2. The predicted molar refractivity (Wildman–Crippen MR) is 77.6 cm³/mol. The van der Waals surface area contributed by atoms with Crippen molar-refractivity contribution in [3.63, 3.8) is 0 Å². The third-order valence-electron chi connectivity index (χ3n) is 2.90. The molecule has 0 fully saturated rings. The first-order valence-electron chi connectivity index (χ1n) is 6.26. The van der Waals surface area contributed by atoms with Crippen molar-refractivity contribution < 1.29 is 9.47 Å². The normalized spacial score (nSPS) is 10.4. The molecule has 0 aliphatic heterocycles. The molecule has 0 saturated carbocycles. The van der Waals surface area contributed by atoms with Crippen molar-refractivity contribution in [3.05, 3.63) is 59.7 Å². The zero-order valence-corrected chi connectivity index (χ0v) is 11.3. The molecule has 0 unspecified atom stereocenters. The number of rotatable bonds is 6. The highest BCUT2D eigenvalue weighted by Crippen LogP contribution is 2.24. The van der Waals surface area contributed by atoms with Gasteiger partial charge in [-0.05, 0) is 12.1 Å². The average Bonchev–Trinajstić information content (AvgIpc) is 2.44. The summed E-state index contributed by atoms with van der Waals surface area (Å²) >= 11 is 0. The summed E-state index contributed by atoms with van der Waals surface area (Å²) in [7, 11) is 3.41. The Morgan fingerprint density at radius 3 is 1.58 bits per heavy atom. The Kier molecular flexibility index (Phi) is 4.95. The van der Waals surface area contributed by atoms with Gasteiger partial charge in [-0.25, -0.2) is 0 Å². The van der Waals surface area contributed by atoms with Gasteiger partial charge < -0.3 is 14.8 Å². The van der Waals surface area contributed by atoms with Crippen LogP contribution in [-0.2, 0) is 22.7 Å². The first kappa shape index (κ1) is 13.6. The van der Waals surface area contributed by atoms with E-state index in [9.17, 15) is 0 Å². The summed E-state index contributed by atoms with van der Waals surface area (Å²) in [4.78, 5) is 0. The lowest BCUT2D eigenvalue weighted by Crippen LogP contribution is -2.00. The van der Waals surface area contributed by atoms with Gasteiger partial charge in [-0.1, -0.05) is 36.4 Å². The van der Waals surface area contributed by atoms with E-state index in [-0.39, 0.29) is 0 Å². The molecule has 0 radical (unpaired) electrons. The summed E-state index contributed by atoms with van der Waals surface area (Å²) < 4.78 is 10.4. The molecule has 0 amide bonds. The van der Waals surface area contributed by atoms with Crippen LogP contribution in [0.25, 0.3) is 0 Å². The third kappa shape index (κ3) is 3.56. The SMILES string of the molecule is COCc1ccccc1Nc1ccccc1COC. The van der Waals surface area contributed by atoms with E-state index in [1.165, 1.54) is 0 Å². The van der Waals surface area contributed by atoms with Gasteiger partial charge in [0.1, 0.15) is 0 Å². The average molecular weight is 257 g/mol. The van der Waals surface area contributed by atoms with Crippen LogP contribution in [0.2, 0.25) is 0 Å². The molecule has 0 spiro atoms. The minimum atomic E-state index is 0.593. The van der Waals surface area contributed by atoms with Gasteiger partial charge in [0.05, 0.1) is 13.2 Å². The minimum absolute atomic E-state index is 0.593. The van der Waals surface area contributed by atoms with Crippen LogP contribution in [0.5, 0.6) is 0 Å². The van der Waals surface area contributed by atoms with Crippen LogP contribution in [0, 0.1) is 0 Å². The van der Waals surface area contributed by atoms with E-state index < -0.39 is 0 Å². The number of para-hydroxylation sites is 2. The molecule has 2 aromatic carbocycles. The fourth-order valence-corrected chi connectivity index (χ4v) is 1.99. The van der Waals surface area contributed by atoms with Crippen molar-refractivity contribution in [3.8, 4) is 0 Å². The van der Waals surface area contributed by atoms with Gasteiger partial charge in [0.15, 0.2) is 0 Å². The predicted octanol–water partition coefficient (Wildman–Crippen LogP) is 3.72. The monoisotopic (exact) mass is 257 g/mol. The van der Waals surface area contributed by atoms with Crippen LogP contribution in [0.15, 0.2) is 48.5 Å². The van der Waals surface area contributed by atoms with Crippen molar-refractivity contribution >= 4 is 11.4 Å². The molecular weight excluding hydrogens is 238 g/mol. The Labute approximate surface area is 114 Å². The lowest BCUT2D eigenvalue weighted by molar-refractivity contribution is 0.185. The number of anilines is 2. The van der Waals surface area contributed by atoms with Crippen LogP contribution in [0.1, 0.15) is 11.1 Å². The van der Waals surface area contributed by atoms with Crippen molar-refractivity contribution in [2.75, 3.05) is 19.5 Å². The Hall–Kier alpha value is -1.84. The molecule has 2 rings (SSSR count). The van der Waals surface area contributed by atoms with Crippen molar-refractivity contribution in [1.82, 2.24) is 0 Å². The third-order valence-corrected chi connectivity index (χ3v) is 2.90. The molecule has 2 aromatic rings. The molecule has 0 aromatic heterocycles. The van der Waals surface area contributed by atoms with Crippen LogP contribution in [0.4, 0.5) is 11.4 Å². The van der Waals surface area contributed by atoms with Crippen LogP contribution in [-0.4, -0.2) is 14.2 Å². The van der Waals surface area contributed by atoms with Gasteiger partial charge in [-0.15, -0.1) is 0 Å². The first-order chi connectivity index (χ1) is 9.35. The van der Waals surface area contributed by atoms with Gasteiger partial charge in [0.25, 0.3) is 0 Å². The molecule has 100 valence electrons. The lowest BCUT2D eigenvalue weighted by Gasteiger charge is -2.14. The summed E-state index contributed by atoms with van der Waals surface area (Å²) in [5.74, 6) is 0. The second kappa shape index (κ2) is 6.92. The number of ether oxygens (including phenoxy) is 2. The van der Waals surface area contributed by atoms with E-state index in [0.29, 0.717) is 13.2 Å². The van der Waals surface area contributed by atoms with Gasteiger partial charge in [-0.2, -0.15) is 0 Å². The fourth-order valence-electron chi connectivity index (χ4n) is 1.99. The Morgan fingerprint density at radius 2 is 1.16 bits per heavy atom. The molecule has 0 saturated heterocycles. The van der Waals surface area contributed by atoms with Crippen molar-refractivity contribution in [2.24, 2.45) is 0 Å². The number of nitrogens with one attached hydrogen (secondary N) is 1. The highest BCUT2D eigenvalue weighted by molar-refractivity contribution is 5.65. The zero-order chi connectivity index (χ0) is 13.5. The second-order valence-electron chi connectivity index (χ2n) is 4.31. The fraction of sp³-hybridized carbons (Fsp3) is 0.250. The Bertz CT molecular complexity index is 478. The molecule has 19 heavy (non-hydrogen) atoms. The van der Waals surface area contributed by atoms with E-state index in [1.807, 2.05) is 24.3 Å². The highest BCUT2D eigenvalue weighted by atomic mass is 16.5. The van der Waals surface area contributed by atoms with Gasteiger partial charge in [0.2, 0.25) is 0 Å². The van der Waals surface area contributed by atoms with Gasteiger partial charge >= 0.3 is 0 Å². The molecule has 0 aliphatic carbocycles. The molecule has 0 bridgehead atoms. The van der Waals surface area contributed by atoms with E-state index in [1.54, 1.807) is 14.2 Å². The highest BCUT2D eigenvalue weighted by Gasteiger charge is 2.05. The quantitative estimate of drug-likeness (QED) is 0.855. The molecule has 0 aliphatic rings. The smallest absolute Gasteiger partial charge is 0.0733 e. The maximum absolute atomic E-state index is 5.22. The first-order valence-corrected chi connectivity index (χ1v) is 6.26. The second-order valence-corrected chi connectivity index (χ2v) is 4.31. The maximum atomic E-state index is 5.22. The summed E-state index contributed by atoms with van der Waals surface area (Å²) in [5.41, 5.74) is 4.40.